The molecule has 0 atom stereocenters. The summed E-state index contributed by atoms with van der Waals surface area (Å²) in [7, 11) is 0. The van der Waals surface area contributed by atoms with Crippen molar-refractivity contribution in [3.8, 4) is 55.6 Å². The van der Waals surface area contributed by atoms with Crippen LogP contribution in [0.1, 0.15) is 141 Å². The van der Waals surface area contributed by atoms with Crippen LogP contribution in [-0.4, -0.2) is 0 Å². The van der Waals surface area contributed by atoms with Gasteiger partial charge in [-0.2, -0.15) is 0 Å². The minimum atomic E-state index is 1.13. The van der Waals surface area contributed by atoms with Gasteiger partial charge in [0.25, 0.3) is 0 Å². The van der Waals surface area contributed by atoms with Crippen LogP contribution in [0.25, 0.3) is 55.6 Å². The minimum absolute atomic E-state index is 1.13. The van der Waals surface area contributed by atoms with E-state index in [4.69, 9.17) is 0 Å². The molecule has 0 heterocycles. The third kappa shape index (κ3) is 15.4. The van der Waals surface area contributed by atoms with E-state index >= 15 is 0 Å². The Bertz CT molecular complexity index is 2090. The van der Waals surface area contributed by atoms with Crippen LogP contribution in [0.4, 0.5) is 0 Å². The van der Waals surface area contributed by atoms with Crippen molar-refractivity contribution in [1.29, 1.82) is 0 Å². The highest BCUT2D eigenvalue weighted by Crippen LogP contribution is 2.34. The molecule has 0 radical (unpaired) electrons. The van der Waals surface area contributed by atoms with Gasteiger partial charge >= 0.3 is 0 Å². The Labute approximate surface area is 391 Å². The van der Waals surface area contributed by atoms with Gasteiger partial charge in [-0.3, -0.25) is 0 Å². The molecule has 7 rings (SSSR count). The van der Waals surface area contributed by atoms with Crippen molar-refractivity contribution < 1.29 is 0 Å². The summed E-state index contributed by atoms with van der Waals surface area (Å²) in [6.45, 7) is 21.4. The topological polar surface area (TPSA) is 0 Å². The van der Waals surface area contributed by atoms with Gasteiger partial charge in [0.15, 0.2) is 0 Å². The molecule has 0 saturated carbocycles. The zero-order chi connectivity index (χ0) is 46.1. The van der Waals surface area contributed by atoms with Crippen LogP contribution in [0.15, 0.2) is 158 Å². The predicted molar refractivity (Wildman–Crippen MR) is 287 cm³/mol. The second kappa shape index (κ2) is 28.4. The van der Waals surface area contributed by atoms with E-state index in [2.05, 4.69) is 199 Å². The number of benzene rings is 7. The molecule has 0 aliphatic carbocycles. The zero-order valence-corrected chi connectivity index (χ0v) is 41.5. The molecule has 0 N–H and O–H groups in total. The highest BCUT2D eigenvalue weighted by atomic mass is 14.1. The lowest BCUT2D eigenvalue weighted by Crippen LogP contribution is -1.90. The van der Waals surface area contributed by atoms with Gasteiger partial charge in [0, 0.05) is 0 Å². The second-order valence-corrected chi connectivity index (χ2v) is 16.7. The third-order valence-corrected chi connectivity index (χ3v) is 11.6. The van der Waals surface area contributed by atoms with Crippen molar-refractivity contribution in [3.05, 3.63) is 191 Å². The Balaban J connectivity index is 0.000000265. The summed E-state index contributed by atoms with van der Waals surface area (Å²) in [4.78, 5) is 0. The van der Waals surface area contributed by atoms with E-state index in [0.29, 0.717) is 0 Å². The van der Waals surface area contributed by atoms with Gasteiger partial charge in [-0.15, -0.1) is 0 Å². The van der Waals surface area contributed by atoms with E-state index in [9.17, 15) is 0 Å². The molecule has 0 bridgehead atoms. The number of rotatable bonds is 17. The van der Waals surface area contributed by atoms with Gasteiger partial charge < -0.3 is 0 Å². The highest BCUT2D eigenvalue weighted by Gasteiger charge is 2.10. The fraction of sp³-hybridized carbons (Fsp3) is 0.344. The summed E-state index contributed by atoms with van der Waals surface area (Å²) < 4.78 is 0. The van der Waals surface area contributed by atoms with E-state index < -0.39 is 0 Å². The first-order valence-electron chi connectivity index (χ1n) is 25.2. The highest BCUT2D eigenvalue weighted by molar-refractivity contribution is 5.81. The number of hydrogen-bond donors (Lipinski definition) is 0. The Kier molecular flexibility index (Phi) is 22.7. The summed E-state index contributed by atoms with van der Waals surface area (Å²) >= 11 is 0. The molecule has 0 heteroatoms. The van der Waals surface area contributed by atoms with Crippen LogP contribution in [0, 0.1) is 0 Å². The van der Waals surface area contributed by atoms with Crippen LogP contribution >= 0.6 is 0 Å². The maximum absolute atomic E-state index is 2.37. The van der Waals surface area contributed by atoms with Gasteiger partial charge in [0.1, 0.15) is 0 Å². The summed E-state index contributed by atoms with van der Waals surface area (Å²) in [5.41, 5.74) is 21.5. The molecule has 0 aromatic heterocycles. The monoisotopic (exact) mass is 849 g/mol. The molecule has 0 unspecified atom stereocenters. The number of hydrogen-bond acceptors (Lipinski definition) is 0. The predicted octanol–water partition coefficient (Wildman–Crippen LogP) is 19.5. The average Bonchev–Trinajstić information content (AvgIpc) is 3.35. The maximum atomic E-state index is 2.37. The quantitative estimate of drug-likeness (QED) is 0.0856. The summed E-state index contributed by atoms with van der Waals surface area (Å²) in [5.74, 6) is 0. The molecule has 0 nitrogen and oxygen atoms in total. The summed E-state index contributed by atoms with van der Waals surface area (Å²) in [5, 5.41) is 0. The van der Waals surface area contributed by atoms with Gasteiger partial charge in [-0.05, 0) is 152 Å². The first-order chi connectivity index (χ1) is 31.4. The van der Waals surface area contributed by atoms with Gasteiger partial charge in [0.05, 0.1) is 0 Å². The van der Waals surface area contributed by atoms with Crippen LogP contribution in [-0.2, 0) is 38.5 Å². The van der Waals surface area contributed by atoms with Crippen LogP contribution in [0.3, 0.4) is 0 Å². The lowest BCUT2D eigenvalue weighted by molar-refractivity contribution is 0.921. The third-order valence-electron chi connectivity index (χ3n) is 11.6. The second-order valence-electron chi connectivity index (χ2n) is 16.7. The van der Waals surface area contributed by atoms with Crippen molar-refractivity contribution in [2.75, 3.05) is 0 Å². The van der Waals surface area contributed by atoms with Crippen LogP contribution in [0.5, 0.6) is 0 Å². The first-order valence-corrected chi connectivity index (χ1v) is 25.2. The summed E-state index contributed by atoms with van der Waals surface area (Å²) in [6.07, 6.45) is 14.0. The van der Waals surface area contributed by atoms with E-state index in [1.54, 1.807) is 0 Å². The molecule has 0 aliphatic rings. The van der Waals surface area contributed by atoms with Gasteiger partial charge in [0.2, 0.25) is 0 Å². The largest absolute Gasteiger partial charge is 0.0683 e. The summed E-state index contributed by atoms with van der Waals surface area (Å²) in [6, 6.07) is 59.8. The molecule has 0 aliphatic heterocycles. The minimum Gasteiger partial charge on any atom is -0.0683 e. The number of aryl methyl sites for hydroxylation is 6. The normalized spacial score (nSPS) is 10.5. The molecule has 0 amide bonds. The molecular formula is C64H80. The van der Waals surface area contributed by atoms with Crippen LogP contribution in [0.2, 0.25) is 0 Å². The fourth-order valence-electron chi connectivity index (χ4n) is 8.35. The molecule has 7 aromatic rings. The molecular weight excluding hydrogens is 769 g/mol. The van der Waals surface area contributed by atoms with Crippen molar-refractivity contribution in [2.24, 2.45) is 0 Å². The van der Waals surface area contributed by atoms with Crippen molar-refractivity contribution in [3.63, 3.8) is 0 Å². The molecule has 0 fully saturated rings. The lowest BCUT2D eigenvalue weighted by atomic mass is 9.92. The standard InChI is InChI=1S/C33H36.C27H32.2C2H6/c1-4-7-25-10-16-28(17-11-25)31-22-32(29-18-12-26(8-5-2)13-19-29)24-33(23-31)30-20-14-27(9-6-3)15-21-30;1-4-7-21-10-14-24(15-11-21)26-18-23(9-6-3)19-27(20-26)25-16-12-22(8-5-2)13-17-25;2*1-2/h10-24H,4-9H2,1-3H3;10-20H,4-9H2,1-3H3;2*1-2H3. The van der Waals surface area contributed by atoms with Crippen molar-refractivity contribution in [1.82, 2.24) is 0 Å². The first kappa shape index (κ1) is 51.2. The SMILES string of the molecule is CC.CC.CCCc1ccc(-c2cc(-c3ccc(CCC)cc3)cc(-c3ccc(CCC)cc3)c2)cc1.CCCc1ccc(-c2cc(CCC)cc(-c3ccc(CCC)cc3)c2)cc1. The lowest BCUT2D eigenvalue weighted by Gasteiger charge is -2.13. The van der Waals surface area contributed by atoms with Gasteiger partial charge in [-0.25, -0.2) is 0 Å². The van der Waals surface area contributed by atoms with Crippen molar-refractivity contribution >= 4 is 0 Å². The van der Waals surface area contributed by atoms with E-state index in [1.165, 1.54) is 128 Å². The average molecular weight is 849 g/mol. The fourth-order valence-corrected chi connectivity index (χ4v) is 8.35. The Hall–Kier alpha value is -5.46. The molecule has 336 valence electrons. The molecule has 64 heavy (non-hydrogen) atoms. The molecule has 0 spiro atoms. The molecule has 7 aromatic carbocycles. The Morgan fingerprint density at radius 3 is 0.516 bits per heavy atom. The van der Waals surface area contributed by atoms with E-state index in [0.717, 1.165) is 38.5 Å². The van der Waals surface area contributed by atoms with E-state index in [1.807, 2.05) is 27.7 Å². The van der Waals surface area contributed by atoms with Crippen LogP contribution < -0.4 is 0 Å². The smallest absolute Gasteiger partial charge is 0.0172 e. The van der Waals surface area contributed by atoms with Gasteiger partial charge in [-0.1, -0.05) is 241 Å². The Morgan fingerprint density at radius 2 is 0.344 bits per heavy atom. The van der Waals surface area contributed by atoms with E-state index in [-0.39, 0.29) is 0 Å². The Morgan fingerprint density at radius 1 is 0.188 bits per heavy atom. The zero-order valence-electron chi connectivity index (χ0n) is 41.5. The maximum Gasteiger partial charge on any atom is -0.0172 e. The van der Waals surface area contributed by atoms with Crippen molar-refractivity contribution in [2.45, 2.75) is 146 Å². The molecule has 0 saturated heterocycles.